The molecule has 0 atom stereocenters. The molecule has 2 aromatic carbocycles. The number of furan rings is 1. The Morgan fingerprint density at radius 3 is 2.25 bits per heavy atom. The fourth-order valence-corrected chi connectivity index (χ4v) is 2.62. The van der Waals surface area contributed by atoms with Crippen molar-refractivity contribution >= 4 is 45.8 Å². The maximum atomic E-state index is 12.2. The number of anilines is 2. The van der Waals surface area contributed by atoms with E-state index in [9.17, 15) is 9.59 Å². The Morgan fingerprint density at radius 2 is 1.58 bits per heavy atom. The van der Waals surface area contributed by atoms with Crippen LogP contribution in [0.4, 0.5) is 11.4 Å². The highest BCUT2D eigenvalue weighted by Crippen LogP contribution is 2.16. The zero-order valence-corrected chi connectivity index (χ0v) is 14.6. The van der Waals surface area contributed by atoms with Gasteiger partial charge in [-0.2, -0.15) is 0 Å². The van der Waals surface area contributed by atoms with Gasteiger partial charge in [0, 0.05) is 20.5 Å². The van der Waals surface area contributed by atoms with E-state index in [-0.39, 0.29) is 17.6 Å². The number of halogens is 1. The van der Waals surface area contributed by atoms with E-state index in [2.05, 4.69) is 33.2 Å². The van der Waals surface area contributed by atoms with Crippen LogP contribution in [0.5, 0.6) is 0 Å². The lowest BCUT2D eigenvalue weighted by molar-refractivity contribution is 0.0995. The van der Waals surface area contributed by atoms with E-state index in [0.717, 1.165) is 9.26 Å². The number of benzene rings is 2. The van der Waals surface area contributed by atoms with Crippen molar-refractivity contribution in [1.29, 1.82) is 0 Å². The first-order valence-electron chi connectivity index (χ1n) is 7.14. The molecule has 3 aromatic rings. The summed E-state index contributed by atoms with van der Waals surface area (Å²) in [4.78, 5) is 24.1. The minimum atomic E-state index is -0.337. The van der Waals surface area contributed by atoms with Crippen LogP contribution in [0.25, 0.3) is 0 Å². The Hall–Kier alpha value is -2.61. The maximum Gasteiger partial charge on any atom is 0.291 e. The Morgan fingerprint density at radius 1 is 0.833 bits per heavy atom. The van der Waals surface area contributed by atoms with Crippen LogP contribution < -0.4 is 10.6 Å². The molecule has 0 spiro atoms. The molecular formula is C18H13IN2O3. The van der Waals surface area contributed by atoms with Gasteiger partial charge in [0.05, 0.1) is 6.26 Å². The predicted octanol–water partition coefficient (Wildman–Crippen LogP) is 4.39. The molecule has 0 aliphatic heterocycles. The van der Waals surface area contributed by atoms with Crippen LogP contribution in [-0.4, -0.2) is 11.8 Å². The molecule has 24 heavy (non-hydrogen) atoms. The SMILES string of the molecule is O=C(Nc1cccc(I)c1)c1ccc(NC(=O)c2ccco2)cc1. The summed E-state index contributed by atoms with van der Waals surface area (Å²) < 4.78 is 6.07. The zero-order chi connectivity index (χ0) is 16.9. The number of carbonyl (C=O) groups is 2. The summed E-state index contributed by atoms with van der Waals surface area (Å²) >= 11 is 2.19. The number of amides is 2. The highest BCUT2D eigenvalue weighted by atomic mass is 127. The van der Waals surface area contributed by atoms with Gasteiger partial charge in [-0.15, -0.1) is 0 Å². The zero-order valence-electron chi connectivity index (χ0n) is 12.5. The Balaban J connectivity index is 1.65. The second kappa shape index (κ2) is 7.31. The number of nitrogens with one attached hydrogen (secondary N) is 2. The highest BCUT2D eigenvalue weighted by molar-refractivity contribution is 14.1. The summed E-state index contributed by atoms with van der Waals surface area (Å²) in [7, 11) is 0. The maximum absolute atomic E-state index is 12.2. The minimum absolute atomic E-state index is 0.207. The van der Waals surface area contributed by atoms with Crippen molar-refractivity contribution < 1.29 is 14.0 Å². The van der Waals surface area contributed by atoms with Gasteiger partial charge in [0.25, 0.3) is 11.8 Å². The van der Waals surface area contributed by atoms with Gasteiger partial charge in [-0.05, 0) is 77.2 Å². The van der Waals surface area contributed by atoms with E-state index in [1.54, 1.807) is 36.4 Å². The van der Waals surface area contributed by atoms with Crippen LogP contribution in [0.2, 0.25) is 0 Å². The molecule has 120 valence electrons. The third kappa shape index (κ3) is 4.02. The van der Waals surface area contributed by atoms with Crippen molar-refractivity contribution in [2.24, 2.45) is 0 Å². The first kappa shape index (κ1) is 16.3. The molecule has 0 aliphatic carbocycles. The molecule has 5 nitrogen and oxygen atoms in total. The monoisotopic (exact) mass is 432 g/mol. The van der Waals surface area contributed by atoms with Crippen LogP contribution in [0, 0.1) is 3.57 Å². The third-order valence-corrected chi connectivity index (χ3v) is 3.90. The molecule has 1 heterocycles. The van der Waals surface area contributed by atoms with Gasteiger partial charge in [-0.25, -0.2) is 0 Å². The van der Waals surface area contributed by atoms with Crippen LogP contribution in [0.3, 0.4) is 0 Å². The molecule has 0 bridgehead atoms. The highest BCUT2D eigenvalue weighted by Gasteiger charge is 2.10. The van der Waals surface area contributed by atoms with Crippen LogP contribution >= 0.6 is 22.6 Å². The third-order valence-electron chi connectivity index (χ3n) is 3.23. The van der Waals surface area contributed by atoms with Crippen LogP contribution in [-0.2, 0) is 0 Å². The molecule has 0 aliphatic rings. The van der Waals surface area contributed by atoms with Gasteiger partial charge < -0.3 is 15.1 Å². The first-order chi connectivity index (χ1) is 11.6. The summed E-state index contributed by atoms with van der Waals surface area (Å²) in [5.41, 5.74) is 1.83. The van der Waals surface area contributed by atoms with E-state index in [0.29, 0.717) is 11.3 Å². The van der Waals surface area contributed by atoms with Crippen molar-refractivity contribution in [2.45, 2.75) is 0 Å². The average molecular weight is 432 g/mol. The Kier molecular flexibility index (Phi) is 4.95. The van der Waals surface area contributed by atoms with Crippen LogP contribution in [0.15, 0.2) is 71.3 Å². The van der Waals surface area contributed by atoms with Crippen molar-refractivity contribution in [2.75, 3.05) is 10.6 Å². The predicted molar refractivity (Wildman–Crippen MR) is 100 cm³/mol. The van der Waals surface area contributed by atoms with Crippen molar-refractivity contribution in [3.63, 3.8) is 0 Å². The smallest absolute Gasteiger partial charge is 0.291 e. The molecule has 0 unspecified atom stereocenters. The second-order valence-electron chi connectivity index (χ2n) is 4.97. The van der Waals surface area contributed by atoms with Gasteiger partial charge in [0.15, 0.2) is 5.76 Å². The first-order valence-corrected chi connectivity index (χ1v) is 8.21. The normalized spacial score (nSPS) is 10.2. The van der Waals surface area contributed by atoms with Crippen molar-refractivity contribution in [3.8, 4) is 0 Å². The van der Waals surface area contributed by atoms with E-state index >= 15 is 0 Å². The lowest BCUT2D eigenvalue weighted by Gasteiger charge is -2.07. The van der Waals surface area contributed by atoms with Gasteiger partial charge in [0.2, 0.25) is 0 Å². The Labute approximate surface area is 152 Å². The molecule has 0 radical (unpaired) electrons. The Bertz CT molecular complexity index is 858. The van der Waals surface area contributed by atoms with Crippen molar-refractivity contribution in [1.82, 2.24) is 0 Å². The molecule has 2 N–H and O–H groups in total. The molecule has 0 fully saturated rings. The van der Waals surface area contributed by atoms with E-state index in [1.165, 1.54) is 6.26 Å². The summed E-state index contributed by atoms with van der Waals surface area (Å²) in [6.45, 7) is 0. The lowest BCUT2D eigenvalue weighted by Crippen LogP contribution is -2.13. The number of rotatable bonds is 4. The summed E-state index contributed by atoms with van der Waals surface area (Å²) in [5.74, 6) is -0.313. The standard InChI is InChI=1S/C18H13IN2O3/c19-13-3-1-4-15(11-13)21-17(22)12-6-8-14(9-7-12)20-18(23)16-5-2-10-24-16/h1-11H,(H,20,23)(H,21,22). The fraction of sp³-hybridized carbons (Fsp3) is 0. The van der Waals surface area contributed by atoms with Gasteiger partial charge in [-0.1, -0.05) is 6.07 Å². The summed E-state index contributed by atoms with van der Waals surface area (Å²) in [5, 5.41) is 5.54. The topological polar surface area (TPSA) is 71.3 Å². The fourth-order valence-electron chi connectivity index (χ4n) is 2.07. The van der Waals surface area contributed by atoms with Crippen molar-refractivity contribution in [3.05, 3.63) is 81.8 Å². The molecule has 0 saturated heterocycles. The number of hydrogen-bond donors (Lipinski definition) is 2. The number of hydrogen-bond acceptors (Lipinski definition) is 3. The molecule has 0 saturated carbocycles. The summed E-state index contributed by atoms with van der Waals surface area (Å²) in [6.07, 6.45) is 1.44. The summed E-state index contributed by atoms with van der Waals surface area (Å²) in [6, 6.07) is 17.4. The molecule has 1 aromatic heterocycles. The quantitative estimate of drug-likeness (QED) is 0.601. The molecule has 3 rings (SSSR count). The van der Waals surface area contributed by atoms with E-state index in [1.807, 2.05) is 24.3 Å². The lowest BCUT2D eigenvalue weighted by atomic mass is 10.2. The van der Waals surface area contributed by atoms with Gasteiger partial charge in [0.1, 0.15) is 0 Å². The number of carbonyl (C=O) groups excluding carboxylic acids is 2. The molecular weight excluding hydrogens is 419 g/mol. The molecule has 2 amide bonds. The largest absolute Gasteiger partial charge is 0.459 e. The van der Waals surface area contributed by atoms with Gasteiger partial charge in [-0.3, -0.25) is 9.59 Å². The minimum Gasteiger partial charge on any atom is -0.459 e. The van der Waals surface area contributed by atoms with E-state index < -0.39 is 0 Å². The second-order valence-corrected chi connectivity index (χ2v) is 6.22. The van der Waals surface area contributed by atoms with Gasteiger partial charge >= 0.3 is 0 Å². The molecule has 6 heteroatoms. The van der Waals surface area contributed by atoms with E-state index in [4.69, 9.17) is 4.42 Å². The average Bonchev–Trinajstić information content (AvgIpc) is 3.10. The van der Waals surface area contributed by atoms with Crippen LogP contribution in [0.1, 0.15) is 20.9 Å².